The van der Waals surface area contributed by atoms with Crippen LogP contribution >= 0.6 is 11.3 Å². The first-order valence-corrected chi connectivity index (χ1v) is 10.0. The van der Waals surface area contributed by atoms with E-state index in [1.54, 1.807) is 12.1 Å². The standard InChI is InChI=1S/C16H14FN3O3S2/c17-11-6-1-2-7-12(11)20-25(21,22)14-9-8-13(24-14)16-19-18-15(23-16)10-4-3-5-10/h1-2,6-10,20H,3-5H2. The van der Waals surface area contributed by atoms with Crippen LogP contribution in [0.25, 0.3) is 10.8 Å². The van der Waals surface area contributed by atoms with Crippen LogP contribution in [0.2, 0.25) is 0 Å². The lowest BCUT2D eigenvalue weighted by Crippen LogP contribution is -2.12. The molecule has 0 spiro atoms. The number of rotatable bonds is 5. The molecule has 25 heavy (non-hydrogen) atoms. The monoisotopic (exact) mass is 379 g/mol. The SMILES string of the molecule is O=S(=O)(Nc1ccccc1F)c1ccc(-c2nnc(C3CCC3)o2)s1. The highest BCUT2D eigenvalue weighted by atomic mass is 32.2. The third kappa shape index (κ3) is 3.16. The lowest BCUT2D eigenvalue weighted by Gasteiger charge is -2.20. The van der Waals surface area contributed by atoms with Gasteiger partial charge in [-0.2, -0.15) is 0 Å². The van der Waals surface area contributed by atoms with Crippen LogP contribution in [0.1, 0.15) is 31.1 Å². The minimum Gasteiger partial charge on any atom is -0.420 e. The van der Waals surface area contributed by atoms with Crippen molar-refractivity contribution in [3.05, 3.63) is 48.1 Å². The van der Waals surface area contributed by atoms with E-state index in [2.05, 4.69) is 14.9 Å². The second-order valence-corrected chi connectivity index (χ2v) is 8.77. The van der Waals surface area contributed by atoms with Crippen molar-refractivity contribution in [2.75, 3.05) is 4.72 Å². The molecule has 0 radical (unpaired) electrons. The van der Waals surface area contributed by atoms with Crippen LogP contribution in [-0.2, 0) is 10.0 Å². The zero-order valence-electron chi connectivity index (χ0n) is 13.0. The Labute approximate surface area is 147 Å². The highest BCUT2D eigenvalue weighted by Gasteiger charge is 2.26. The van der Waals surface area contributed by atoms with E-state index in [0.717, 1.165) is 30.6 Å². The van der Waals surface area contributed by atoms with E-state index >= 15 is 0 Å². The third-order valence-corrected chi connectivity index (χ3v) is 7.00. The minimum atomic E-state index is -3.89. The molecule has 0 aliphatic heterocycles. The van der Waals surface area contributed by atoms with Crippen LogP contribution in [0.15, 0.2) is 45.0 Å². The normalized spacial score (nSPS) is 15.1. The smallest absolute Gasteiger partial charge is 0.271 e. The topological polar surface area (TPSA) is 85.1 Å². The molecular weight excluding hydrogens is 365 g/mol. The van der Waals surface area contributed by atoms with E-state index in [-0.39, 0.29) is 9.90 Å². The van der Waals surface area contributed by atoms with E-state index in [9.17, 15) is 12.8 Å². The molecule has 1 N–H and O–H groups in total. The van der Waals surface area contributed by atoms with Crippen molar-refractivity contribution in [3.63, 3.8) is 0 Å². The van der Waals surface area contributed by atoms with E-state index in [1.165, 1.54) is 24.3 Å². The molecule has 6 nitrogen and oxygen atoms in total. The first kappa shape index (κ1) is 16.2. The molecule has 1 aliphatic rings. The van der Waals surface area contributed by atoms with E-state index in [0.29, 0.717) is 22.6 Å². The number of halogens is 1. The van der Waals surface area contributed by atoms with Gasteiger partial charge in [0.1, 0.15) is 10.0 Å². The number of hydrogen-bond donors (Lipinski definition) is 1. The Balaban J connectivity index is 1.57. The number of anilines is 1. The summed E-state index contributed by atoms with van der Waals surface area (Å²) in [4.78, 5) is 0.562. The molecule has 130 valence electrons. The maximum absolute atomic E-state index is 13.7. The lowest BCUT2D eigenvalue weighted by molar-refractivity contribution is 0.338. The molecule has 0 atom stereocenters. The van der Waals surface area contributed by atoms with Crippen molar-refractivity contribution in [1.82, 2.24) is 10.2 Å². The summed E-state index contributed by atoms with van der Waals surface area (Å²) in [5, 5.41) is 8.04. The largest absolute Gasteiger partial charge is 0.420 e. The third-order valence-electron chi connectivity index (χ3n) is 4.07. The quantitative estimate of drug-likeness (QED) is 0.724. The van der Waals surface area contributed by atoms with Crippen LogP contribution in [0.3, 0.4) is 0 Å². The molecule has 3 aromatic rings. The van der Waals surface area contributed by atoms with Gasteiger partial charge in [0.15, 0.2) is 0 Å². The molecule has 2 aromatic heterocycles. The average Bonchev–Trinajstić information content (AvgIpc) is 3.17. The molecule has 9 heteroatoms. The minimum absolute atomic E-state index is 0.0501. The first-order chi connectivity index (χ1) is 12.0. The molecule has 0 bridgehead atoms. The van der Waals surface area contributed by atoms with E-state index < -0.39 is 15.8 Å². The Morgan fingerprint density at radius 3 is 2.68 bits per heavy atom. The number of aromatic nitrogens is 2. The summed E-state index contributed by atoms with van der Waals surface area (Å²) in [6.45, 7) is 0. The van der Waals surface area contributed by atoms with E-state index in [4.69, 9.17) is 4.42 Å². The molecule has 0 saturated heterocycles. The maximum atomic E-state index is 13.7. The predicted molar refractivity (Wildman–Crippen MR) is 91.4 cm³/mol. The Bertz CT molecular complexity index is 1010. The molecule has 1 fully saturated rings. The Morgan fingerprint density at radius 1 is 1.16 bits per heavy atom. The van der Waals surface area contributed by atoms with Crippen LogP contribution in [0.5, 0.6) is 0 Å². The summed E-state index contributed by atoms with van der Waals surface area (Å²) >= 11 is 1.000. The van der Waals surface area contributed by atoms with Crippen LogP contribution in [-0.4, -0.2) is 18.6 Å². The molecular formula is C16H14FN3O3S2. The van der Waals surface area contributed by atoms with Crippen molar-refractivity contribution < 1.29 is 17.2 Å². The van der Waals surface area contributed by atoms with Crippen molar-refractivity contribution in [3.8, 4) is 10.8 Å². The van der Waals surface area contributed by atoms with Crippen LogP contribution in [0, 0.1) is 5.82 Å². The van der Waals surface area contributed by atoms with Crippen LogP contribution < -0.4 is 4.72 Å². The fraction of sp³-hybridized carbons (Fsp3) is 0.250. The van der Waals surface area contributed by atoms with Gasteiger partial charge in [-0.05, 0) is 37.1 Å². The first-order valence-electron chi connectivity index (χ1n) is 7.74. The van der Waals surface area contributed by atoms with Gasteiger partial charge in [-0.15, -0.1) is 21.5 Å². The highest BCUT2D eigenvalue weighted by Crippen LogP contribution is 2.38. The Morgan fingerprint density at radius 2 is 1.96 bits per heavy atom. The van der Waals surface area contributed by atoms with Gasteiger partial charge >= 0.3 is 0 Å². The van der Waals surface area contributed by atoms with Crippen molar-refractivity contribution in [2.24, 2.45) is 0 Å². The van der Waals surface area contributed by atoms with Gasteiger partial charge in [-0.1, -0.05) is 18.6 Å². The highest BCUT2D eigenvalue weighted by molar-refractivity contribution is 7.94. The molecule has 1 saturated carbocycles. The summed E-state index contributed by atoms with van der Waals surface area (Å²) in [5.74, 6) is 0.583. The van der Waals surface area contributed by atoms with Crippen LogP contribution in [0.4, 0.5) is 10.1 Å². The number of thiophene rings is 1. The second kappa shape index (κ2) is 6.23. The van der Waals surface area contributed by atoms with Gasteiger partial charge in [-0.25, -0.2) is 12.8 Å². The van der Waals surface area contributed by atoms with Crippen molar-refractivity contribution >= 4 is 27.0 Å². The summed E-state index contributed by atoms with van der Waals surface area (Å²) in [6, 6.07) is 8.66. The van der Waals surface area contributed by atoms with Crippen molar-refractivity contribution in [2.45, 2.75) is 29.4 Å². The Hall–Kier alpha value is -2.26. The predicted octanol–water partition coefficient (Wildman–Crippen LogP) is 4.01. The molecule has 0 amide bonds. The summed E-state index contributed by atoms with van der Waals surface area (Å²) in [7, 11) is -3.89. The summed E-state index contributed by atoms with van der Waals surface area (Å²) < 4.78 is 46.5. The number of sulfonamides is 1. The van der Waals surface area contributed by atoms with Gasteiger partial charge < -0.3 is 4.42 Å². The molecule has 2 heterocycles. The fourth-order valence-corrected chi connectivity index (χ4v) is 4.77. The summed E-state index contributed by atoms with van der Waals surface area (Å²) in [6.07, 6.45) is 3.24. The van der Waals surface area contributed by atoms with Gasteiger partial charge in [0.2, 0.25) is 5.89 Å². The average molecular weight is 379 g/mol. The number of hydrogen-bond acceptors (Lipinski definition) is 6. The molecule has 0 unspecified atom stereocenters. The maximum Gasteiger partial charge on any atom is 0.271 e. The lowest BCUT2D eigenvalue weighted by atomic mass is 9.85. The molecule has 4 rings (SSSR count). The fourth-order valence-electron chi connectivity index (χ4n) is 2.47. The number of nitrogens with zero attached hydrogens (tertiary/aromatic N) is 2. The summed E-state index contributed by atoms with van der Waals surface area (Å²) in [5.41, 5.74) is -0.0949. The van der Waals surface area contributed by atoms with Gasteiger partial charge in [0.05, 0.1) is 10.6 Å². The van der Waals surface area contributed by atoms with Gasteiger partial charge in [0, 0.05) is 5.92 Å². The molecule has 1 aromatic carbocycles. The number of para-hydroxylation sites is 1. The number of benzene rings is 1. The number of nitrogens with one attached hydrogen (secondary N) is 1. The van der Waals surface area contributed by atoms with Gasteiger partial charge in [-0.3, -0.25) is 4.72 Å². The van der Waals surface area contributed by atoms with E-state index in [1.807, 2.05) is 0 Å². The molecule has 1 aliphatic carbocycles. The Kier molecular flexibility index (Phi) is 4.04. The second-order valence-electron chi connectivity index (χ2n) is 5.78. The zero-order chi connectivity index (χ0) is 17.4. The van der Waals surface area contributed by atoms with Gasteiger partial charge in [0.25, 0.3) is 15.9 Å². The van der Waals surface area contributed by atoms with Crippen molar-refractivity contribution in [1.29, 1.82) is 0 Å². The zero-order valence-corrected chi connectivity index (χ0v) is 14.6.